The van der Waals surface area contributed by atoms with Crippen LogP contribution < -0.4 is 0 Å². The molecular formula is C17H22ClN3O. The Balaban J connectivity index is 1.62. The van der Waals surface area contributed by atoms with E-state index in [0.29, 0.717) is 0 Å². The number of aliphatic hydroxyl groups is 1. The molecule has 1 fully saturated rings. The number of H-pyrrole nitrogens is 1. The zero-order valence-corrected chi connectivity index (χ0v) is 13.8. The van der Waals surface area contributed by atoms with Gasteiger partial charge in [0.25, 0.3) is 0 Å². The average molecular weight is 320 g/mol. The number of aromatic nitrogens is 2. The molecule has 0 unspecified atom stereocenters. The molecule has 1 aromatic heterocycles. The quantitative estimate of drug-likeness (QED) is 0.911. The van der Waals surface area contributed by atoms with E-state index in [1.54, 1.807) is 0 Å². The summed E-state index contributed by atoms with van der Waals surface area (Å²) in [7, 11) is 0. The normalized spacial score (nSPS) is 22.4. The number of benzene rings is 1. The first-order chi connectivity index (χ1) is 10.5. The van der Waals surface area contributed by atoms with Crippen molar-refractivity contribution in [1.82, 2.24) is 15.1 Å². The van der Waals surface area contributed by atoms with Crippen LogP contribution in [-0.4, -0.2) is 39.4 Å². The van der Waals surface area contributed by atoms with Gasteiger partial charge in [-0.25, -0.2) is 0 Å². The summed E-state index contributed by atoms with van der Waals surface area (Å²) in [5.41, 5.74) is 4.57. The predicted molar refractivity (Wildman–Crippen MR) is 88.0 cm³/mol. The van der Waals surface area contributed by atoms with Crippen molar-refractivity contribution in [2.75, 3.05) is 13.1 Å². The van der Waals surface area contributed by atoms with E-state index in [-0.39, 0.29) is 12.0 Å². The van der Waals surface area contributed by atoms with Gasteiger partial charge in [-0.15, -0.1) is 0 Å². The maximum atomic E-state index is 10.3. The Morgan fingerprint density at radius 1 is 1.32 bits per heavy atom. The van der Waals surface area contributed by atoms with Crippen LogP contribution in [0.5, 0.6) is 0 Å². The minimum absolute atomic E-state index is 0.246. The topological polar surface area (TPSA) is 52.1 Å². The summed E-state index contributed by atoms with van der Waals surface area (Å²) < 4.78 is 0. The van der Waals surface area contributed by atoms with Gasteiger partial charge in [0.15, 0.2) is 0 Å². The Morgan fingerprint density at radius 2 is 2.14 bits per heavy atom. The summed E-state index contributed by atoms with van der Waals surface area (Å²) in [4.78, 5) is 2.31. The zero-order valence-electron chi connectivity index (χ0n) is 13.0. The van der Waals surface area contributed by atoms with Crippen LogP contribution in [0.4, 0.5) is 0 Å². The molecule has 0 aliphatic carbocycles. The van der Waals surface area contributed by atoms with Gasteiger partial charge in [-0.2, -0.15) is 5.10 Å². The second-order valence-electron chi connectivity index (χ2n) is 6.34. The van der Waals surface area contributed by atoms with E-state index in [1.807, 2.05) is 19.1 Å². The third-order valence-electron chi connectivity index (χ3n) is 4.41. The van der Waals surface area contributed by atoms with E-state index in [4.69, 9.17) is 11.6 Å². The van der Waals surface area contributed by atoms with Crippen LogP contribution in [0, 0.1) is 19.8 Å². The molecule has 0 spiro atoms. The summed E-state index contributed by atoms with van der Waals surface area (Å²) >= 11 is 6.01. The smallest absolute Gasteiger partial charge is 0.0711 e. The third-order valence-corrected chi connectivity index (χ3v) is 4.65. The molecule has 0 saturated carbocycles. The van der Waals surface area contributed by atoms with E-state index < -0.39 is 0 Å². The number of halogens is 1. The zero-order chi connectivity index (χ0) is 15.7. The number of aliphatic hydroxyl groups excluding tert-OH is 1. The molecule has 0 amide bonds. The molecule has 1 saturated heterocycles. The highest BCUT2D eigenvalue weighted by atomic mass is 35.5. The Morgan fingerprint density at radius 3 is 2.82 bits per heavy atom. The molecule has 1 aromatic carbocycles. The first-order valence-electron chi connectivity index (χ1n) is 7.67. The van der Waals surface area contributed by atoms with Crippen molar-refractivity contribution < 1.29 is 5.11 Å². The van der Waals surface area contributed by atoms with E-state index >= 15 is 0 Å². The molecule has 118 valence electrons. The minimum atomic E-state index is -0.287. The minimum Gasteiger partial charge on any atom is -0.391 e. The lowest BCUT2D eigenvalue weighted by atomic mass is 10.00. The molecule has 3 rings (SSSR count). The SMILES string of the molecule is Cc1cc(C[C@@H]2CN(Cc3ccc(Cl)cc3C)C[C@@H]2O)n[nH]1. The summed E-state index contributed by atoms with van der Waals surface area (Å²) in [6, 6.07) is 8.06. The van der Waals surface area contributed by atoms with Crippen molar-refractivity contribution in [2.24, 2.45) is 5.92 Å². The Bertz CT molecular complexity index is 655. The maximum Gasteiger partial charge on any atom is 0.0711 e. The summed E-state index contributed by atoms with van der Waals surface area (Å²) in [5, 5.41) is 18.3. The number of aromatic amines is 1. The Kier molecular flexibility index (Phi) is 4.52. The Hall–Kier alpha value is -1.36. The molecule has 2 heterocycles. The molecule has 0 bridgehead atoms. The van der Waals surface area contributed by atoms with Gasteiger partial charge in [-0.1, -0.05) is 17.7 Å². The lowest BCUT2D eigenvalue weighted by molar-refractivity contribution is 0.140. The predicted octanol–water partition coefficient (Wildman–Crippen LogP) is 2.72. The highest BCUT2D eigenvalue weighted by Gasteiger charge is 2.31. The van der Waals surface area contributed by atoms with E-state index in [9.17, 15) is 5.11 Å². The number of nitrogens with zero attached hydrogens (tertiary/aromatic N) is 2. The molecule has 5 heteroatoms. The van der Waals surface area contributed by atoms with Gasteiger partial charge >= 0.3 is 0 Å². The fourth-order valence-corrected chi connectivity index (χ4v) is 3.42. The van der Waals surface area contributed by atoms with Crippen LogP contribution in [-0.2, 0) is 13.0 Å². The first kappa shape index (κ1) is 15.5. The van der Waals surface area contributed by atoms with Gasteiger partial charge in [0, 0.05) is 36.3 Å². The van der Waals surface area contributed by atoms with Gasteiger partial charge in [-0.3, -0.25) is 10.00 Å². The van der Waals surface area contributed by atoms with Crippen LogP contribution in [0.3, 0.4) is 0 Å². The molecular weight excluding hydrogens is 298 g/mol. The lowest BCUT2D eigenvalue weighted by Crippen LogP contribution is -2.21. The van der Waals surface area contributed by atoms with Gasteiger partial charge in [0.1, 0.15) is 0 Å². The van der Waals surface area contributed by atoms with Gasteiger partial charge in [0.05, 0.1) is 11.8 Å². The molecule has 0 radical (unpaired) electrons. The van der Waals surface area contributed by atoms with Crippen LogP contribution in [0.25, 0.3) is 0 Å². The van der Waals surface area contributed by atoms with Gasteiger partial charge < -0.3 is 5.11 Å². The highest BCUT2D eigenvalue weighted by molar-refractivity contribution is 6.30. The highest BCUT2D eigenvalue weighted by Crippen LogP contribution is 2.24. The molecule has 1 aliphatic rings. The molecule has 2 aromatic rings. The van der Waals surface area contributed by atoms with Crippen molar-refractivity contribution in [3.8, 4) is 0 Å². The maximum absolute atomic E-state index is 10.3. The second-order valence-corrected chi connectivity index (χ2v) is 6.78. The lowest BCUT2D eigenvalue weighted by Gasteiger charge is -2.17. The molecule has 4 nitrogen and oxygen atoms in total. The van der Waals surface area contributed by atoms with Crippen molar-refractivity contribution in [3.63, 3.8) is 0 Å². The number of hydrogen-bond acceptors (Lipinski definition) is 3. The van der Waals surface area contributed by atoms with E-state index in [0.717, 1.165) is 42.5 Å². The monoisotopic (exact) mass is 319 g/mol. The summed E-state index contributed by atoms with van der Waals surface area (Å²) in [6.07, 6.45) is 0.534. The first-order valence-corrected chi connectivity index (χ1v) is 8.05. The van der Waals surface area contributed by atoms with Crippen LogP contribution in [0.15, 0.2) is 24.3 Å². The summed E-state index contributed by atoms with van der Waals surface area (Å²) in [6.45, 7) is 6.55. The number of nitrogens with one attached hydrogen (secondary N) is 1. The van der Waals surface area contributed by atoms with E-state index in [1.165, 1.54) is 11.1 Å². The molecule has 22 heavy (non-hydrogen) atoms. The third kappa shape index (κ3) is 3.51. The van der Waals surface area contributed by atoms with Gasteiger partial charge in [0.2, 0.25) is 0 Å². The molecule has 2 atom stereocenters. The standard InChI is InChI=1S/C17H22ClN3O/c1-11-5-15(18)4-3-13(11)8-21-9-14(17(22)10-21)7-16-6-12(2)19-20-16/h3-6,14,17,22H,7-10H2,1-2H3,(H,19,20)/t14-,17+/m1/s1. The average Bonchev–Trinajstić information content (AvgIpc) is 3.00. The summed E-state index contributed by atoms with van der Waals surface area (Å²) in [5.74, 6) is 0.246. The van der Waals surface area contributed by atoms with Crippen LogP contribution >= 0.6 is 11.6 Å². The fourth-order valence-electron chi connectivity index (χ4n) is 3.20. The molecule has 1 aliphatic heterocycles. The number of rotatable bonds is 4. The van der Waals surface area contributed by atoms with Crippen molar-refractivity contribution in [3.05, 3.63) is 51.8 Å². The number of hydrogen-bond donors (Lipinski definition) is 2. The fraction of sp³-hybridized carbons (Fsp3) is 0.471. The number of aryl methyl sites for hydroxylation is 2. The largest absolute Gasteiger partial charge is 0.391 e. The van der Waals surface area contributed by atoms with Crippen molar-refractivity contribution in [2.45, 2.75) is 32.9 Å². The van der Waals surface area contributed by atoms with Gasteiger partial charge in [-0.05, 0) is 49.6 Å². The van der Waals surface area contributed by atoms with Crippen LogP contribution in [0.1, 0.15) is 22.5 Å². The Labute approximate surface area is 136 Å². The van der Waals surface area contributed by atoms with E-state index in [2.05, 4.69) is 34.2 Å². The van der Waals surface area contributed by atoms with Crippen LogP contribution in [0.2, 0.25) is 5.02 Å². The second kappa shape index (κ2) is 6.41. The van der Waals surface area contributed by atoms with Crippen molar-refractivity contribution in [1.29, 1.82) is 0 Å². The van der Waals surface area contributed by atoms with Crippen molar-refractivity contribution >= 4 is 11.6 Å². The molecule has 2 N–H and O–H groups in total. The number of β-amino-alcohol motifs (C(OH)–C–C–N with tert-alkyl or cyclic N) is 1. The number of likely N-dealkylation sites (tertiary alicyclic amines) is 1.